The maximum atomic E-state index is 11.2. The lowest BCUT2D eigenvalue weighted by molar-refractivity contribution is -0.114. The Morgan fingerprint density at radius 2 is 1.50 bits per heavy atom. The molecule has 0 aliphatic carbocycles. The normalized spacial score (nSPS) is 19.4. The average molecular weight is 184 g/mol. The maximum absolute atomic E-state index is 11.2. The standard InChI is InChI=1S/C3H5F5OS/c1-3(9)2-10(4,5,6,7)8/h2H2,1H3. The summed E-state index contributed by atoms with van der Waals surface area (Å²) in [5.41, 5.74) is 0. The summed E-state index contributed by atoms with van der Waals surface area (Å²) in [5, 5.41) is 0. The van der Waals surface area contributed by atoms with E-state index in [9.17, 15) is 24.2 Å². The zero-order valence-electron chi connectivity index (χ0n) is 4.91. The molecule has 0 aromatic rings. The van der Waals surface area contributed by atoms with Crippen molar-refractivity contribution in [2.45, 2.75) is 6.92 Å². The van der Waals surface area contributed by atoms with Crippen molar-refractivity contribution in [3.63, 3.8) is 0 Å². The van der Waals surface area contributed by atoms with Crippen LogP contribution in [0.25, 0.3) is 0 Å². The highest BCUT2D eigenvalue weighted by Gasteiger charge is 2.64. The van der Waals surface area contributed by atoms with Crippen molar-refractivity contribution in [2.75, 3.05) is 5.75 Å². The molecule has 64 valence electrons. The van der Waals surface area contributed by atoms with Gasteiger partial charge in [-0.1, -0.05) is 19.4 Å². The lowest BCUT2D eigenvalue weighted by Gasteiger charge is -2.39. The van der Waals surface area contributed by atoms with E-state index in [1.807, 2.05) is 0 Å². The van der Waals surface area contributed by atoms with E-state index in [1.54, 1.807) is 0 Å². The van der Waals surface area contributed by atoms with Gasteiger partial charge in [0.05, 0.1) is 0 Å². The number of hydrogen-bond donors (Lipinski definition) is 0. The molecular formula is C3H5F5OS. The second kappa shape index (κ2) is 1.46. The van der Waals surface area contributed by atoms with Crippen LogP contribution in [0.1, 0.15) is 6.92 Å². The van der Waals surface area contributed by atoms with Gasteiger partial charge in [-0.05, 0) is 6.92 Å². The Labute approximate surface area is 53.9 Å². The number of halogens is 5. The fourth-order valence-corrected chi connectivity index (χ4v) is 1.15. The fraction of sp³-hybridized carbons (Fsp3) is 0.667. The summed E-state index contributed by atoms with van der Waals surface area (Å²) in [6.07, 6.45) is 0. The summed E-state index contributed by atoms with van der Waals surface area (Å²) in [6, 6.07) is 0. The van der Waals surface area contributed by atoms with Gasteiger partial charge in [0, 0.05) is 0 Å². The molecule has 1 nitrogen and oxygen atoms in total. The zero-order chi connectivity index (χ0) is 8.69. The summed E-state index contributed by atoms with van der Waals surface area (Å²) >= 11 is 0. The van der Waals surface area contributed by atoms with Crippen LogP contribution in [0.15, 0.2) is 0 Å². The molecular weight excluding hydrogens is 179 g/mol. The van der Waals surface area contributed by atoms with Gasteiger partial charge in [0.2, 0.25) is 0 Å². The van der Waals surface area contributed by atoms with E-state index in [4.69, 9.17) is 0 Å². The van der Waals surface area contributed by atoms with Crippen LogP contribution >= 0.6 is 10.2 Å². The molecule has 0 fully saturated rings. The van der Waals surface area contributed by atoms with E-state index in [1.165, 1.54) is 0 Å². The van der Waals surface area contributed by atoms with E-state index in [2.05, 4.69) is 0 Å². The molecule has 0 aromatic heterocycles. The van der Waals surface area contributed by atoms with Crippen LogP contribution in [0.2, 0.25) is 0 Å². The van der Waals surface area contributed by atoms with Crippen molar-refractivity contribution in [1.29, 1.82) is 0 Å². The van der Waals surface area contributed by atoms with Gasteiger partial charge in [-0.3, -0.25) is 4.79 Å². The van der Waals surface area contributed by atoms with E-state index in [0.717, 1.165) is 0 Å². The van der Waals surface area contributed by atoms with Crippen molar-refractivity contribution < 1.29 is 24.2 Å². The monoisotopic (exact) mass is 184 g/mol. The summed E-state index contributed by atoms with van der Waals surface area (Å²) in [4.78, 5) is 9.70. The molecule has 0 spiro atoms. The SMILES string of the molecule is CC(=O)CS(F)(F)(F)(F)F. The molecule has 0 radical (unpaired) electrons. The second-order valence-electron chi connectivity index (χ2n) is 1.98. The summed E-state index contributed by atoms with van der Waals surface area (Å²) in [5.74, 6) is -4.17. The van der Waals surface area contributed by atoms with E-state index >= 15 is 0 Å². The number of rotatable bonds is 2. The second-order valence-corrected chi connectivity index (χ2v) is 4.52. The Hall–Kier alpha value is -0.330. The van der Waals surface area contributed by atoms with Gasteiger partial charge in [-0.25, -0.2) is 0 Å². The van der Waals surface area contributed by atoms with Crippen molar-refractivity contribution in [3.8, 4) is 0 Å². The Kier molecular flexibility index (Phi) is 1.41. The third-order valence-electron chi connectivity index (χ3n) is 0.476. The van der Waals surface area contributed by atoms with Crippen LogP contribution in [0, 0.1) is 0 Å². The fourth-order valence-electron chi connectivity index (χ4n) is 0.384. The van der Waals surface area contributed by atoms with Gasteiger partial charge in [0.25, 0.3) is 10.2 Å². The highest BCUT2D eigenvalue weighted by molar-refractivity contribution is 8.46. The lowest BCUT2D eigenvalue weighted by atomic mass is 10.5. The highest BCUT2D eigenvalue weighted by Crippen LogP contribution is 2.97. The van der Waals surface area contributed by atoms with Crippen LogP contribution < -0.4 is 0 Å². The molecule has 0 amide bonds. The first-order valence-corrected chi connectivity index (χ1v) is 4.24. The van der Waals surface area contributed by atoms with Crippen LogP contribution in [0.3, 0.4) is 0 Å². The Morgan fingerprint density at radius 3 is 1.50 bits per heavy atom. The molecule has 0 bridgehead atoms. The first kappa shape index (κ1) is 9.67. The number of carbonyl (C=O) groups excluding carboxylic acids is 1. The van der Waals surface area contributed by atoms with Gasteiger partial charge in [0.1, 0.15) is 11.5 Å². The number of ketones is 1. The Morgan fingerprint density at radius 1 is 1.20 bits per heavy atom. The van der Waals surface area contributed by atoms with Crippen molar-refractivity contribution in [3.05, 3.63) is 0 Å². The molecule has 0 saturated carbocycles. The molecule has 0 rings (SSSR count). The molecule has 0 aliphatic rings. The topological polar surface area (TPSA) is 17.1 Å². The van der Waals surface area contributed by atoms with E-state index in [-0.39, 0.29) is 0 Å². The van der Waals surface area contributed by atoms with Crippen molar-refractivity contribution in [1.82, 2.24) is 0 Å². The molecule has 0 atom stereocenters. The van der Waals surface area contributed by atoms with Crippen LogP contribution in [-0.4, -0.2) is 11.5 Å². The molecule has 7 heteroatoms. The van der Waals surface area contributed by atoms with Crippen LogP contribution in [-0.2, 0) is 4.79 Å². The third-order valence-corrected chi connectivity index (χ3v) is 1.43. The van der Waals surface area contributed by atoms with Gasteiger partial charge in [0.15, 0.2) is 0 Å². The summed E-state index contributed by atoms with van der Waals surface area (Å²) < 4.78 is 56.2. The first-order chi connectivity index (χ1) is 3.89. The summed E-state index contributed by atoms with van der Waals surface area (Å²) in [7, 11) is -9.45. The Balaban J connectivity index is 4.59. The molecule has 0 unspecified atom stereocenters. The van der Waals surface area contributed by atoms with E-state index in [0.29, 0.717) is 6.92 Å². The number of hydrogen-bond acceptors (Lipinski definition) is 1. The van der Waals surface area contributed by atoms with Gasteiger partial charge in [-0.2, -0.15) is 0 Å². The Bertz CT molecular complexity index is 164. The minimum atomic E-state index is -9.45. The van der Waals surface area contributed by atoms with Gasteiger partial charge < -0.3 is 0 Å². The minimum absolute atomic E-state index is 0.470. The average Bonchev–Trinajstić information content (AvgIpc) is 1.12. The molecule has 0 N–H and O–H groups in total. The van der Waals surface area contributed by atoms with Gasteiger partial charge in [-0.15, -0.1) is 0 Å². The summed E-state index contributed by atoms with van der Waals surface area (Å²) in [6.45, 7) is 0.470. The van der Waals surface area contributed by atoms with Crippen LogP contribution in [0.4, 0.5) is 19.4 Å². The smallest absolute Gasteiger partial charge is 0.292 e. The van der Waals surface area contributed by atoms with E-state index < -0.39 is 21.8 Å². The molecule has 0 aliphatic heterocycles. The maximum Gasteiger partial charge on any atom is 0.292 e. The number of carbonyl (C=O) groups is 1. The molecule has 10 heavy (non-hydrogen) atoms. The minimum Gasteiger partial charge on any atom is -0.299 e. The molecule has 0 saturated heterocycles. The predicted octanol–water partition coefficient (Wildman–Crippen LogP) is 2.87. The van der Waals surface area contributed by atoms with Crippen LogP contribution in [0.5, 0.6) is 0 Å². The predicted molar refractivity (Wildman–Crippen MR) is 28.7 cm³/mol. The first-order valence-electron chi connectivity index (χ1n) is 2.12. The molecule has 0 aromatic carbocycles. The lowest BCUT2D eigenvalue weighted by Crippen LogP contribution is -2.16. The van der Waals surface area contributed by atoms with Crippen molar-refractivity contribution in [2.24, 2.45) is 0 Å². The third kappa shape index (κ3) is 7.67. The highest BCUT2D eigenvalue weighted by atomic mass is 32.5. The number of Topliss-reactive ketones (excluding diaryl/α,β-unsaturated/α-hetero) is 1. The largest absolute Gasteiger partial charge is 0.299 e. The molecule has 0 heterocycles. The zero-order valence-corrected chi connectivity index (χ0v) is 5.73. The quantitative estimate of drug-likeness (QED) is 0.603. The van der Waals surface area contributed by atoms with Crippen molar-refractivity contribution >= 4 is 16.0 Å². The van der Waals surface area contributed by atoms with Gasteiger partial charge >= 0.3 is 0 Å².